The first-order chi connectivity index (χ1) is 9.04. The van der Waals surface area contributed by atoms with E-state index in [9.17, 15) is 4.79 Å². The quantitative estimate of drug-likeness (QED) is 0.791. The lowest BCUT2D eigenvalue weighted by molar-refractivity contribution is -0.125. The lowest BCUT2D eigenvalue weighted by Crippen LogP contribution is -2.21. The Hall–Kier alpha value is -1.93. The van der Waals surface area contributed by atoms with Crippen LogP contribution >= 0.6 is 0 Å². The fraction of sp³-hybridized carbons (Fsp3) is 0.545. The van der Waals surface area contributed by atoms with Crippen molar-refractivity contribution in [2.75, 3.05) is 32.5 Å². The van der Waals surface area contributed by atoms with Crippen LogP contribution in [-0.4, -0.2) is 58.4 Å². The van der Waals surface area contributed by atoms with Crippen molar-refractivity contribution in [1.29, 1.82) is 0 Å². The molecule has 0 saturated heterocycles. The van der Waals surface area contributed by atoms with Gasteiger partial charge in [0, 0.05) is 24.8 Å². The zero-order valence-electron chi connectivity index (χ0n) is 11.0. The average molecular weight is 267 g/mol. The van der Waals surface area contributed by atoms with E-state index in [1.165, 1.54) is 5.06 Å². The summed E-state index contributed by atoms with van der Waals surface area (Å²) in [6.07, 6.45) is 0.385. The molecule has 0 atom stereocenters. The van der Waals surface area contributed by atoms with Crippen LogP contribution in [0.5, 0.6) is 0 Å². The lowest BCUT2D eigenvalue weighted by Gasteiger charge is -2.10. The highest BCUT2D eigenvalue weighted by Crippen LogP contribution is 2.21. The number of fused-ring (bicyclic) bond motifs is 1. The maximum atomic E-state index is 10.5. The van der Waals surface area contributed by atoms with E-state index >= 15 is 0 Å². The summed E-state index contributed by atoms with van der Waals surface area (Å²) in [5.74, 6) is 0.553. The van der Waals surface area contributed by atoms with Gasteiger partial charge >= 0.3 is 6.16 Å². The van der Waals surface area contributed by atoms with Gasteiger partial charge in [-0.25, -0.2) is 14.8 Å². The van der Waals surface area contributed by atoms with Gasteiger partial charge < -0.3 is 20.2 Å². The third-order valence-electron chi connectivity index (χ3n) is 2.68. The van der Waals surface area contributed by atoms with Gasteiger partial charge in [0.05, 0.1) is 18.8 Å². The van der Waals surface area contributed by atoms with Gasteiger partial charge in [0.2, 0.25) is 5.95 Å². The largest absolute Gasteiger partial charge is 0.525 e. The van der Waals surface area contributed by atoms with Crippen molar-refractivity contribution in [2.24, 2.45) is 0 Å². The Morgan fingerprint density at radius 1 is 1.58 bits per heavy atom. The minimum Gasteiger partial charge on any atom is -0.448 e. The van der Waals surface area contributed by atoms with E-state index in [4.69, 9.17) is 5.11 Å². The molecule has 0 aromatic carbocycles. The molecular weight excluding hydrogens is 250 g/mol. The van der Waals surface area contributed by atoms with E-state index in [1.807, 2.05) is 14.1 Å². The molecule has 0 fully saturated rings. The summed E-state index contributed by atoms with van der Waals surface area (Å²) in [6.45, 7) is 2.38. The summed E-state index contributed by atoms with van der Waals surface area (Å²) in [5.41, 5.74) is 1.68. The first kappa shape index (κ1) is 13.5. The first-order valence-corrected chi connectivity index (χ1v) is 5.94. The standard InChI is InChI=1S/C11H17N5O3/c1-15(2)4-3-12-10-13-5-8-6-16(19-11(17)18)7-9(8)14-10/h5H,3-4,6-7H2,1-2H3,(H,17,18)(H,12,13,14). The highest BCUT2D eigenvalue weighted by molar-refractivity contribution is 5.56. The number of nitrogens with one attached hydrogen (secondary N) is 1. The summed E-state index contributed by atoms with van der Waals surface area (Å²) >= 11 is 0. The molecule has 104 valence electrons. The summed E-state index contributed by atoms with van der Waals surface area (Å²) in [5, 5.41) is 13.0. The minimum absolute atomic E-state index is 0.354. The molecule has 1 aromatic rings. The lowest BCUT2D eigenvalue weighted by atomic mass is 10.3. The Morgan fingerprint density at radius 3 is 3.05 bits per heavy atom. The van der Waals surface area contributed by atoms with Crippen LogP contribution in [0.3, 0.4) is 0 Å². The van der Waals surface area contributed by atoms with Crippen LogP contribution in [-0.2, 0) is 17.9 Å². The van der Waals surface area contributed by atoms with Crippen LogP contribution in [0.4, 0.5) is 10.7 Å². The van der Waals surface area contributed by atoms with Gasteiger partial charge in [0.25, 0.3) is 0 Å². The van der Waals surface area contributed by atoms with E-state index in [1.54, 1.807) is 6.20 Å². The Balaban J connectivity index is 1.93. The number of aromatic nitrogens is 2. The van der Waals surface area contributed by atoms with E-state index < -0.39 is 6.16 Å². The van der Waals surface area contributed by atoms with Gasteiger partial charge in [0.1, 0.15) is 0 Å². The molecule has 0 unspecified atom stereocenters. The number of rotatable bonds is 5. The number of carbonyl (C=O) groups is 1. The molecule has 0 amide bonds. The van der Waals surface area contributed by atoms with Gasteiger partial charge in [-0.2, -0.15) is 0 Å². The van der Waals surface area contributed by atoms with Crippen LogP contribution in [0.2, 0.25) is 0 Å². The Bertz CT molecular complexity index is 466. The number of carboxylic acid groups (broad SMARTS) is 1. The van der Waals surface area contributed by atoms with Gasteiger partial charge in [-0.3, -0.25) is 0 Å². The molecule has 8 nitrogen and oxygen atoms in total. The smallest absolute Gasteiger partial charge is 0.448 e. The highest BCUT2D eigenvalue weighted by Gasteiger charge is 2.24. The van der Waals surface area contributed by atoms with Crippen molar-refractivity contribution in [3.8, 4) is 0 Å². The summed E-state index contributed by atoms with van der Waals surface area (Å²) in [7, 11) is 3.98. The maximum absolute atomic E-state index is 10.5. The van der Waals surface area contributed by atoms with Gasteiger partial charge in [-0.05, 0) is 14.1 Å². The van der Waals surface area contributed by atoms with Crippen LogP contribution in [0.25, 0.3) is 0 Å². The third kappa shape index (κ3) is 3.76. The average Bonchev–Trinajstić information content (AvgIpc) is 2.68. The number of hydroxylamine groups is 2. The van der Waals surface area contributed by atoms with Crippen LogP contribution in [0.1, 0.15) is 11.3 Å². The number of hydrogen-bond donors (Lipinski definition) is 2. The highest BCUT2D eigenvalue weighted by atomic mass is 16.8. The number of nitrogens with zero attached hydrogens (tertiary/aromatic N) is 4. The van der Waals surface area contributed by atoms with Crippen LogP contribution in [0, 0.1) is 0 Å². The summed E-state index contributed by atoms with van der Waals surface area (Å²) in [4.78, 5) is 25.7. The predicted molar refractivity (Wildman–Crippen MR) is 67.4 cm³/mol. The normalized spacial score (nSPS) is 14.5. The zero-order valence-corrected chi connectivity index (χ0v) is 11.0. The Kier molecular flexibility index (Phi) is 4.13. The van der Waals surface area contributed by atoms with Crippen LogP contribution in [0.15, 0.2) is 6.20 Å². The molecule has 1 aromatic heterocycles. The molecule has 8 heteroatoms. The second-order valence-electron chi connectivity index (χ2n) is 4.55. The zero-order chi connectivity index (χ0) is 13.8. The molecule has 19 heavy (non-hydrogen) atoms. The minimum atomic E-state index is -1.31. The molecule has 1 aliphatic rings. The monoisotopic (exact) mass is 267 g/mol. The van der Waals surface area contributed by atoms with Crippen molar-refractivity contribution in [3.63, 3.8) is 0 Å². The molecule has 0 bridgehead atoms. The first-order valence-electron chi connectivity index (χ1n) is 5.94. The molecule has 1 aliphatic heterocycles. The summed E-state index contributed by atoms with van der Waals surface area (Å²) in [6, 6.07) is 0. The van der Waals surface area contributed by atoms with E-state index in [-0.39, 0.29) is 0 Å². The van der Waals surface area contributed by atoms with E-state index in [0.29, 0.717) is 19.0 Å². The number of anilines is 1. The fourth-order valence-electron chi connectivity index (χ4n) is 1.78. The van der Waals surface area contributed by atoms with Crippen molar-refractivity contribution < 1.29 is 14.7 Å². The number of hydrogen-bond acceptors (Lipinski definition) is 7. The Labute approximate surface area is 111 Å². The molecule has 2 N–H and O–H groups in total. The fourth-order valence-corrected chi connectivity index (χ4v) is 1.78. The van der Waals surface area contributed by atoms with E-state index in [2.05, 4.69) is 25.0 Å². The molecule has 2 rings (SSSR count). The van der Waals surface area contributed by atoms with Gasteiger partial charge in [-0.1, -0.05) is 0 Å². The molecular formula is C11H17N5O3. The van der Waals surface area contributed by atoms with Crippen molar-refractivity contribution >= 4 is 12.1 Å². The van der Waals surface area contributed by atoms with Crippen molar-refractivity contribution in [3.05, 3.63) is 17.5 Å². The molecule has 0 saturated carbocycles. The second kappa shape index (κ2) is 5.81. The maximum Gasteiger partial charge on any atom is 0.525 e. The predicted octanol–water partition coefficient (Wildman–Crippen LogP) is 0.375. The molecule has 2 heterocycles. The second-order valence-corrected chi connectivity index (χ2v) is 4.55. The third-order valence-corrected chi connectivity index (χ3v) is 2.68. The SMILES string of the molecule is CN(C)CCNc1ncc2c(n1)CN(OC(=O)O)C2. The molecule has 0 spiro atoms. The Morgan fingerprint density at radius 2 is 2.37 bits per heavy atom. The number of likely N-dealkylation sites (N-methyl/N-ethyl adjacent to an activating group) is 1. The summed E-state index contributed by atoms with van der Waals surface area (Å²) < 4.78 is 0. The molecule has 0 radical (unpaired) electrons. The molecule has 0 aliphatic carbocycles. The van der Waals surface area contributed by atoms with Gasteiger partial charge in [0.15, 0.2) is 0 Å². The van der Waals surface area contributed by atoms with Crippen LogP contribution < -0.4 is 5.32 Å². The van der Waals surface area contributed by atoms with Crippen molar-refractivity contribution in [1.82, 2.24) is 19.9 Å². The van der Waals surface area contributed by atoms with E-state index in [0.717, 1.165) is 24.3 Å². The van der Waals surface area contributed by atoms with Gasteiger partial charge in [-0.15, -0.1) is 5.06 Å². The van der Waals surface area contributed by atoms with Crippen molar-refractivity contribution in [2.45, 2.75) is 13.1 Å². The topological polar surface area (TPSA) is 90.8 Å².